The number of nitrogens with zero attached hydrogens (tertiary/aromatic N) is 2. The van der Waals surface area contributed by atoms with Gasteiger partial charge in [0.05, 0.1) is 18.4 Å². The molecule has 2 aromatic rings. The highest BCUT2D eigenvalue weighted by Crippen LogP contribution is 2.15. The number of amides is 2. The third-order valence-electron chi connectivity index (χ3n) is 3.47. The molecule has 0 spiro atoms. The predicted molar refractivity (Wildman–Crippen MR) is 84.6 cm³/mol. The van der Waals surface area contributed by atoms with E-state index in [4.69, 9.17) is 4.42 Å². The van der Waals surface area contributed by atoms with Crippen molar-refractivity contribution >= 4 is 11.8 Å². The second kappa shape index (κ2) is 7.13. The molecule has 0 fully saturated rings. The maximum Gasteiger partial charge on any atom is 0.305 e. The Morgan fingerprint density at radius 2 is 2.04 bits per heavy atom. The van der Waals surface area contributed by atoms with Crippen molar-refractivity contribution in [2.45, 2.75) is 40.7 Å². The molecule has 0 atom stereocenters. The summed E-state index contributed by atoms with van der Waals surface area (Å²) in [6, 6.07) is 3.12. The summed E-state index contributed by atoms with van der Waals surface area (Å²) >= 11 is 0. The Morgan fingerprint density at radius 1 is 1.30 bits per heavy atom. The standard InChI is InChI=1S/C16H22N4O3/c1-10(2)9-20-12(4)13(11(3)19-20)8-15(21)17-18-16(22)14-6-5-7-23-14/h5-7,10H,8-9H2,1-4H3,(H,17,21)(H,18,22). The highest BCUT2D eigenvalue weighted by atomic mass is 16.3. The van der Waals surface area contributed by atoms with Crippen LogP contribution in [0.1, 0.15) is 41.4 Å². The SMILES string of the molecule is Cc1nn(CC(C)C)c(C)c1CC(=O)NNC(=O)c1ccco1. The van der Waals surface area contributed by atoms with E-state index in [-0.39, 0.29) is 18.1 Å². The van der Waals surface area contributed by atoms with E-state index in [1.807, 2.05) is 18.5 Å². The van der Waals surface area contributed by atoms with Gasteiger partial charge in [0.2, 0.25) is 5.91 Å². The summed E-state index contributed by atoms with van der Waals surface area (Å²) in [5.41, 5.74) is 7.40. The molecule has 0 saturated carbocycles. The molecule has 0 aliphatic carbocycles. The Hall–Kier alpha value is -2.57. The number of aryl methyl sites for hydroxylation is 1. The van der Waals surface area contributed by atoms with Crippen LogP contribution in [0.2, 0.25) is 0 Å². The zero-order valence-electron chi connectivity index (χ0n) is 13.8. The van der Waals surface area contributed by atoms with Gasteiger partial charge in [-0.2, -0.15) is 5.10 Å². The van der Waals surface area contributed by atoms with Crippen LogP contribution in [0.4, 0.5) is 0 Å². The maximum absolute atomic E-state index is 12.0. The molecule has 0 aromatic carbocycles. The first-order chi connectivity index (χ1) is 10.9. The first-order valence-corrected chi connectivity index (χ1v) is 7.54. The molecule has 124 valence electrons. The fourth-order valence-corrected chi connectivity index (χ4v) is 2.31. The topological polar surface area (TPSA) is 89.2 Å². The number of rotatable bonds is 5. The predicted octanol–water partition coefficient (Wildman–Crippen LogP) is 1.75. The number of nitrogens with one attached hydrogen (secondary N) is 2. The molecule has 0 aliphatic rings. The van der Waals surface area contributed by atoms with E-state index in [1.165, 1.54) is 12.3 Å². The fourth-order valence-electron chi connectivity index (χ4n) is 2.31. The number of furan rings is 1. The summed E-state index contributed by atoms with van der Waals surface area (Å²) in [6.07, 6.45) is 1.56. The second-order valence-corrected chi connectivity index (χ2v) is 5.88. The van der Waals surface area contributed by atoms with Gasteiger partial charge < -0.3 is 4.42 Å². The van der Waals surface area contributed by atoms with Crippen molar-refractivity contribution in [2.24, 2.45) is 5.92 Å². The molecular formula is C16H22N4O3. The monoisotopic (exact) mass is 318 g/mol. The molecule has 7 nitrogen and oxygen atoms in total. The summed E-state index contributed by atoms with van der Waals surface area (Å²) in [5.74, 6) is -0.183. The fraction of sp³-hybridized carbons (Fsp3) is 0.438. The Morgan fingerprint density at radius 3 is 2.65 bits per heavy atom. The highest BCUT2D eigenvalue weighted by molar-refractivity contribution is 5.93. The van der Waals surface area contributed by atoms with E-state index < -0.39 is 5.91 Å². The first-order valence-electron chi connectivity index (χ1n) is 7.54. The lowest BCUT2D eigenvalue weighted by Gasteiger charge is -2.08. The molecule has 2 rings (SSSR count). The van der Waals surface area contributed by atoms with E-state index in [9.17, 15) is 9.59 Å². The largest absolute Gasteiger partial charge is 0.459 e. The Labute approximate surface area is 135 Å². The van der Waals surface area contributed by atoms with Crippen molar-refractivity contribution in [1.82, 2.24) is 20.6 Å². The summed E-state index contributed by atoms with van der Waals surface area (Å²) in [4.78, 5) is 23.7. The lowest BCUT2D eigenvalue weighted by molar-refractivity contribution is -0.121. The van der Waals surface area contributed by atoms with Gasteiger partial charge in [0, 0.05) is 17.8 Å². The first kappa shape index (κ1) is 16.8. The minimum atomic E-state index is -0.493. The lowest BCUT2D eigenvalue weighted by atomic mass is 10.1. The molecule has 2 N–H and O–H groups in total. The molecule has 2 heterocycles. The second-order valence-electron chi connectivity index (χ2n) is 5.88. The molecular weight excluding hydrogens is 296 g/mol. The van der Waals surface area contributed by atoms with E-state index in [1.54, 1.807) is 6.07 Å². The number of hydrazine groups is 1. The molecule has 0 radical (unpaired) electrons. The number of hydrogen-bond donors (Lipinski definition) is 2. The summed E-state index contributed by atoms with van der Waals surface area (Å²) in [7, 11) is 0. The van der Waals surface area contributed by atoms with Crippen molar-refractivity contribution in [3.8, 4) is 0 Å². The molecule has 0 bridgehead atoms. The van der Waals surface area contributed by atoms with Crippen LogP contribution in [0, 0.1) is 19.8 Å². The van der Waals surface area contributed by atoms with E-state index in [0.29, 0.717) is 5.92 Å². The normalized spacial score (nSPS) is 10.8. The van der Waals surface area contributed by atoms with Gasteiger partial charge in [0.25, 0.3) is 0 Å². The van der Waals surface area contributed by atoms with Crippen LogP contribution in [0.25, 0.3) is 0 Å². The molecule has 23 heavy (non-hydrogen) atoms. The molecule has 2 amide bonds. The molecule has 0 saturated heterocycles. The smallest absolute Gasteiger partial charge is 0.305 e. The van der Waals surface area contributed by atoms with Gasteiger partial charge in [-0.15, -0.1) is 0 Å². The maximum atomic E-state index is 12.0. The minimum absolute atomic E-state index is 0.141. The van der Waals surface area contributed by atoms with E-state index in [0.717, 1.165) is 23.5 Å². The van der Waals surface area contributed by atoms with Crippen molar-refractivity contribution in [3.05, 3.63) is 41.1 Å². The summed E-state index contributed by atoms with van der Waals surface area (Å²) in [5, 5.41) is 4.47. The van der Waals surface area contributed by atoms with Gasteiger partial charge in [-0.25, -0.2) is 0 Å². The van der Waals surface area contributed by atoms with E-state index >= 15 is 0 Å². The van der Waals surface area contributed by atoms with Crippen molar-refractivity contribution in [2.75, 3.05) is 0 Å². The van der Waals surface area contributed by atoms with Gasteiger partial charge in [-0.1, -0.05) is 13.8 Å². The minimum Gasteiger partial charge on any atom is -0.459 e. The number of carbonyl (C=O) groups is 2. The number of carbonyl (C=O) groups excluding carboxylic acids is 2. The third kappa shape index (κ3) is 4.21. The number of hydrogen-bond acceptors (Lipinski definition) is 4. The van der Waals surface area contributed by atoms with Crippen LogP contribution in [-0.4, -0.2) is 21.6 Å². The van der Waals surface area contributed by atoms with Gasteiger partial charge in [-0.3, -0.25) is 25.1 Å². The van der Waals surface area contributed by atoms with Crippen LogP contribution < -0.4 is 10.9 Å². The molecule has 7 heteroatoms. The molecule has 0 aliphatic heterocycles. The highest BCUT2D eigenvalue weighted by Gasteiger charge is 2.16. The Balaban J connectivity index is 1.95. The summed E-state index contributed by atoms with van der Waals surface area (Å²) < 4.78 is 6.87. The van der Waals surface area contributed by atoms with Crippen molar-refractivity contribution < 1.29 is 14.0 Å². The average Bonchev–Trinajstić information content (AvgIpc) is 3.09. The van der Waals surface area contributed by atoms with Crippen LogP contribution in [0.5, 0.6) is 0 Å². The van der Waals surface area contributed by atoms with Crippen LogP contribution in [-0.2, 0) is 17.8 Å². The van der Waals surface area contributed by atoms with Gasteiger partial charge in [-0.05, 0) is 31.9 Å². The Kier molecular flexibility index (Phi) is 5.20. The Bertz CT molecular complexity index is 686. The van der Waals surface area contributed by atoms with Crippen LogP contribution >= 0.6 is 0 Å². The van der Waals surface area contributed by atoms with Crippen LogP contribution in [0.3, 0.4) is 0 Å². The quantitative estimate of drug-likeness (QED) is 0.822. The zero-order valence-corrected chi connectivity index (χ0v) is 13.8. The van der Waals surface area contributed by atoms with Gasteiger partial charge in [0.1, 0.15) is 0 Å². The third-order valence-corrected chi connectivity index (χ3v) is 3.47. The number of aromatic nitrogens is 2. The molecule has 0 unspecified atom stereocenters. The lowest BCUT2D eigenvalue weighted by Crippen LogP contribution is -2.42. The van der Waals surface area contributed by atoms with Crippen molar-refractivity contribution in [3.63, 3.8) is 0 Å². The van der Waals surface area contributed by atoms with Crippen LogP contribution in [0.15, 0.2) is 22.8 Å². The van der Waals surface area contributed by atoms with Gasteiger partial charge in [0.15, 0.2) is 5.76 Å². The summed E-state index contributed by atoms with van der Waals surface area (Å²) in [6.45, 7) is 8.88. The zero-order chi connectivity index (χ0) is 17.0. The molecule has 2 aromatic heterocycles. The van der Waals surface area contributed by atoms with Crippen molar-refractivity contribution in [1.29, 1.82) is 0 Å². The van der Waals surface area contributed by atoms with Gasteiger partial charge >= 0.3 is 5.91 Å². The van der Waals surface area contributed by atoms with E-state index in [2.05, 4.69) is 29.8 Å². The average molecular weight is 318 g/mol.